The zero-order valence-corrected chi connectivity index (χ0v) is 5.29. The van der Waals surface area contributed by atoms with Gasteiger partial charge in [0.2, 0.25) is 0 Å². The van der Waals surface area contributed by atoms with Crippen molar-refractivity contribution < 1.29 is 8.78 Å². The summed E-state index contributed by atoms with van der Waals surface area (Å²) >= 11 is 0. The Morgan fingerprint density at radius 2 is 2.10 bits per heavy atom. The average molecular weight is 148 g/mol. The van der Waals surface area contributed by atoms with Crippen LogP contribution in [-0.4, -0.2) is 9.13 Å². The van der Waals surface area contributed by atoms with Crippen molar-refractivity contribution in [2.24, 2.45) is 7.05 Å². The van der Waals surface area contributed by atoms with E-state index in [1.54, 1.807) is 0 Å². The van der Waals surface area contributed by atoms with Crippen LogP contribution in [0.25, 0.3) is 0 Å². The molecule has 1 aromatic heterocycles. The summed E-state index contributed by atoms with van der Waals surface area (Å²) in [6.07, 6.45) is 2.33. The van der Waals surface area contributed by atoms with Crippen molar-refractivity contribution in [3.05, 3.63) is 22.9 Å². The van der Waals surface area contributed by atoms with Crippen LogP contribution >= 0.6 is 0 Å². The highest BCUT2D eigenvalue weighted by Gasteiger charge is 2.08. The Kier molecular flexibility index (Phi) is 1.57. The minimum absolute atomic E-state index is 0.361. The van der Waals surface area contributed by atoms with Crippen molar-refractivity contribution in [3.63, 3.8) is 0 Å². The molecule has 0 aliphatic carbocycles. The molecule has 0 saturated heterocycles. The molecule has 0 N–H and O–H groups in total. The van der Waals surface area contributed by atoms with E-state index >= 15 is 0 Å². The molecule has 3 nitrogen and oxygen atoms in total. The Bertz CT molecular complexity index is 275. The lowest BCUT2D eigenvalue weighted by molar-refractivity contribution is 0.0661. The van der Waals surface area contributed by atoms with Crippen LogP contribution in [-0.2, 0) is 7.05 Å². The van der Waals surface area contributed by atoms with Crippen LogP contribution < -0.4 is 5.69 Å². The van der Waals surface area contributed by atoms with Crippen LogP contribution in [0.4, 0.5) is 8.78 Å². The van der Waals surface area contributed by atoms with E-state index in [-0.39, 0.29) is 0 Å². The largest absolute Gasteiger partial charge is 0.332 e. The van der Waals surface area contributed by atoms with Crippen molar-refractivity contribution >= 4 is 0 Å². The summed E-state index contributed by atoms with van der Waals surface area (Å²) in [5.74, 6) is 0. The van der Waals surface area contributed by atoms with Gasteiger partial charge in [-0.1, -0.05) is 0 Å². The summed E-state index contributed by atoms with van der Waals surface area (Å²) < 4.78 is 25.0. The van der Waals surface area contributed by atoms with Crippen molar-refractivity contribution in [3.8, 4) is 0 Å². The normalized spacial score (nSPS) is 10.8. The molecule has 0 radical (unpaired) electrons. The lowest BCUT2D eigenvalue weighted by Crippen LogP contribution is -2.22. The van der Waals surface area contributed by atoms with Gasteiger partial charge in [-0.3, -0.25) is 0 Å². The predicted octanol–water partition coefficient (Wildman–Crippen LogP) is 0.582. The smallest absolute Gasteiger partial charge is 0.302 e. The van der Waals surface area contributed by atoms with Crippen LogP contribution in [0.5, 0.6) is 0 Å². The highest BCUT2D eigenvalue weighted by atomic mass is 19.3. The molecule has 0 bridgehead atoms. The van der Waals surface area contributed by atoms with E-state index in [9.17, 15) is 13.6 Å². The first kappa shape index (κ1) is 6.98. The molecule has 0 spiro atoms. The number of aryl methyl sites for hydroxylation is 1. The quantitative estimate of drug-likeness (QED) is 0.572. The van der Waals surface area contributed by atoms with E-state index < -0.39 is 12.2 Å². The first-order valence-corrected chi connectivity index (χ1v) is 2.64. The van der Waals surface area contributed by atoms with E-state index in [1.807, 2.05) is 0 Å². The minimum atomic E-state index is -2.74. The lowest BCUT2D eigenvalue weighted by atomic mass is 10.9. The van der Waals surface area contributed by atoms with Gasteiger partial charge in [0.15, 0.2) is 0 Å². The summed E-state index contributed by atoms with van der Waals surface area (Å²) in [6, 6.07) is 0. The lowest BCUT2D eigenvalue weighted by Gasteiger charge is -1.94. The fourth-order valence-corrected chi connectivity index (χ4v) is 0.630. The molecule has 56 valence electrons. The Hall–Kier alpha value is -1.13. The van der Waals surface area contributed by atoms with Gasteiger partial charge in [-0.2, -0.15) is 8.78 Å². The van der Waals surface area contributed by atoms with Crippen LogP contribution in [0, 0.1) is 0 Å². The third-order valence-corrected chi connectivity index (χ3v) is 1.18. The van der Waals surface area contributed by atoms with Gasteiger partial charge >= 0.3 is 12.2 Å². The minimum Gasteiger partial charge on any atom is -0.302 e. The maximum atomic E-state index is 11.8. The zero-order valence-electron chi connectivity index (χ0n) is 5.29. The molecule has 1 aromatic rings. The average Bonchev–Trinajstić information content (AvgIpc) is 2.14. The third-order valence-electron chi connectivity index (χ3n) is 1.18. The van der Waals surface area contributed by atoms with Crippen molar-refractivity contribution in [2.75, 3.05) is 0 Å². The number of imidazole rings is 1. The molecule has 0 atom stereocenters. The Balaban J connectivity index is 3.18. The fraction of sp³-hybridized carbons (Fsp3) is 0.400. The molecule has 0 aliphatic rings. The van der Waals surface area contributed by atoms with E-state index in [1.165, 1.54) is 13.2 Å². The van der Waals surface area contributed by atoms with E-state index in [4.69, 9.17) is 0 Å². The molecular weight excluding hydrogens is 142 g/mol. The topological polar surface area (TPSA) is 26.9 Å². The van der Waals surface area contributed by atoms with Gasteiger partial charge in [-0.05, 0) is 0 Å². The van der Waals surface area contributed by atoms with E-state index in [0.29, 0.717) is 4.57 Å². The number of alkyl halides is 2. The number of rotatable bonds is 1. The van der Waals surface area contributed by atoms with E-state index in [0.717, 1.165) is 10.8 Å². The monoisotopic (exact) mass is 148 g/mol. The summed E-state index contributed by atoms with van der Waals surface area (Å²) in [7, 11) is 1.42. The molecule has 0 saturated carbocycles. The van der Waals surface area contributed by atoms with Crippen LogP contribution in [0.2, 0.25) is 0 Å². The van der Waals surface area contributed by atoms with Gasteiger partial charge in [-0.15, -0.1) is 0 Å². The SMILES string of the molecule is Cn1ccn(C(F)F)c1=O. The maximum absolute atomic E-state index is 11.8. The second-order valence-electron chi connectivity index (χ2n) is 1.88. The molecule has 1 heterocycles. The zero-order chi connectivity index (χ0) is 7.72. The highest BCUT2D eigenvalue weighted by Crippen LogP contribution is 2.04. The van der Waals surface area contributed by atoms with Crippen LogP contribution in [0.15, 0.2) is 17.2 Å². The predicted molar refractivity (Wildman–Crippen MR) is 30.9 cm³/mol. The second-order valence-corrected chi connectivity index (χ2v) is 1.88. The molecule has 0 aliphatic heterocycles. The molecule has 5 heteroatoms. The number of hydrogen-bond donors (Lipinski definition) is 0. The third kappa shape index (κ3) is 0.940. The number of hydrogen-bond acceptors (Lipinski definition) is 1. The molecule has 0 fully saturated rings. The summed E-state index contributed by atoms with van der Waals surface area (Å²) in [5.41, 5.74) is -0.699. The number of halogens is 2. The summed E-state index contributed by atoms with van der Waals surface area (Å²) in [5, 5.41) is 0. The molecule has 10 heavy (non-hydrogen) atoms. The van der Waals surface area contributed by atoms with Crippen molar-refractivity contribution in [1.82, 2.24) is 9.13 Å². The fourth-order valence-electron chi connectivity index (χ4n) is 0.630. The Morgan fingerprint density at radius 3 is 2.30 bits per heavy atom. The standard InChI is InChI=1S/C5H6F2N2O/c1-8-2-3-9(4(6)7)5(8)10/h2-4H,1H3. The van der Waals surface area contributed by atoms with Crippen molar-refractivity contribution in [2.45, 2.75) is 6.55 Å². The summed E-state index contributed by atoms with van der Waals surface area (Å²) in [6.45, 7) is -2.74. The first-order chi connectivity index (χ1) is 4.63. The molecule has 0 unspecified atom stereocenters. The van der Waals surface area contributed by atoms with Gasteiger partial charge in [0.1, 0.15) is 0 Å². The van der Waals surface area contributed by atoms with E-state index in [2.05, 4.69) is 0 Å². The van der Waals surface area contributed by atoms with Gasteiger partial charge in [0, 0.05) is 19.4 Å². The summed E-state index contributed by atoms with van der Waals surface area (Å²) in [4.78, 5) is 10.7. The van der Waals surface area contributed by atoms with Crippen LogP contribution in [0.1, 0.15) is 6.55 Å². The first-order valence-electron chi connectivity index (χ1n) is 2.64. The molecule has 0 aromatic carbocycles. The van der Waals surface area contributed by atoms with Gasteiger partial charge < -0.3 is 4.57 Å². The molecule has 1 rings (SSSR count). The maximum Gasteiger partial charge on any atom is 0.332 e. The van der Waals surface area contributed by atoms with Crippen LogP contribution in [0.3, 0.4) is 0 Å². The Labute approximate surface area is 55.5 Å². The molecular formula is C5H6F2N2O. The van der Waals surface area contributed by atoms with Gasteiger partial charge in [-0.25, -0.2) is 9.36 Å². The van der Waals surface area contributed by atoms with Gasteiger partial charge in [0.25, 0.3) is 0 Å². The Morgan fingerprint density at radius 1 is 1.50 bits per heavy atom. The highest BCUT2D eigenvalue weighted by molar-refractivity contribution is 4.79. The van der Waals surface area contributed by atoms with Crippen molar-refractivity contribution in [1.29, 1.82) is 0 Å². The van der Waals surface area contributed by atoms with Gasteiger partial charge in [0.05, 0.1) is 0 Å². The molecule has 0 amide bonds. The second kappa shape index (κ2) is 2.24. The number of aromatic nitrogens is 2. The number of nitrogens with zero attached hydrogens (tertiary/aromatic N) is 2.